The quantitative estimate of drug-likeness (QED) is 0.159. The molecule has 0 radical (unpaired) electrons. The molecular formula is C111H87B5N6O7S2. The second kappa shape index (κ2) is 29.4. The summed E-state index contributed by atoms with van der Waals surface area (Å²) in [6.07, 6.45) is 19.8. The minimum absolute atomic E-state index is 0.0578. The van der Waals surface area contributed by atoms with Gasteiger partial charge in [-0.2, -0.15) is 0 Å². The molecule has 0 bridgehead atoms. The van der Waals surface area contributed by atoms with Crippen LogP contribution in [0.1, 0.15) is 125 Å². The highest BCUT2D eigenvalue weighted by atomic mass is 32.1. The molecule has 0 unspecified atom stereocenters. The maximum Gasteiger partial charge on any atom is 0.260 e. The average Bonchev–Trinajstić information content (AvgIpc) is 1.54. The molecule has 0 N–H and O–H groups in total. The standard InChI is InChI=1S/2C29H23BN2O.C19H15BN2O.C17H13BO3.C17H13BOS2/c1-29(2)22-15-9-10-16-23(22)30-24-17-31(20-11-5-3-6-12-20)18-25(24)33-26-19-32(28(29)27(26)30)21-13-7-4-8-14-21;1-29(2)22-15-9-10-16-24(22)30-25-17-18-31(20-11-5-3-6-12-20)27(25)33-28-26(30)23(29)19-32(28)21-13-7-4-8-14-21;1-19(2)12-6-3-4-7-14(12)20-15-8-5-10-21-17(15)23-18-16(20)13(19)9-11-22-18;1-17(2)10-5-3-4-6-11(10)18-12-7-19-8-13(12)21-14-9-20-16(17)15(14)18;1-17(2)10-5-3-4-6-11(10)18-12-7-20-8-13(12)19-14-9-21-16(17)15(14)18/h2*3-19H,1-2H3;3-11H,1-2H3;2*3-9H,1-2H3. The summed E-state index contributed by atoms with van der Waals surface area (Å²) in [5.74, 6) is 9.77. The first-order valence-corrected chi connectivity index (χ1v) is 47.0. The summed E-state index contributed by atoms with van der Waals surface area (Å²) in [4.78, 5) is 10.4. The molecule has 13 nitrogen and oxygen atoms in total. The second-order valence-corrected chi connectivity index (χ2v) is 39.9. The van der Waals surface area contributed by atoms with Crippen LogP contribution in [-0.2, 0) is 27.1 Å². The molecule has 0 saturated carbocycles. The fourth-order valence-corrected chi connectivity index (χ4v) is 25.2. The van der Waals surface area contributed by atoms with Gasteiger partial charge in [0, 0.05) is 113 Å². The van der Waals surface area contributed by atoms with E-state index in [9.17, 15) is 0 Å². The minimum atomic E-state index is -0.161. The molecule has 0 atom stereocenters. The number of fused-ring (bicyclic) bond motifs is 20. The highest BCUT2D eigenvalue weighted by molar-refractivity contribution is 7.16. The van der Waals surface area contributed by atoms with Gasteiger partial charge in [-0.3, -0.25) is 9.13 Å². The van der Waals surface area contributed by atoms with Crippen LogP contribution in [-0.4, -0.2) is 61.8 Å². The van der Waals surface area contributed by atoms with E-state index in [0.29, 0.717) is 18.5 Å². The first-order chi connectivity index (χ1) is 63.8. The van der Waals surface area contributed by atoms with Gasteiger partial charge in [0.1, 0.15) is 41.3 Å². The average molecular weight is 1740 g/mol. The van der Waals surface area contributed by atoms with Crippen LogP contribution >= 0.6 is 22.7 Å². The molecule has 131 heavy (non-hydrogen) atoms. The van der Waals surface area contributed by atoms with Gasteiger partial charge in [-0.1, -0.05) is 283 Å². The lowest BCUT2D eigenvalue weighted by Gasteiger charge is -2.40. The number of aromatic nitrogens is 6. The number of ether oxygens (including phenoxy) is 5. The molecule has 20 heteroatoms. The molecule has 10 aliphatic heterocycles. The maximum atomic E-state index is 6.81. The maximum absolute atomic E-state index is 6.81. The van der Waals surface area contributed by atoms with Crippen molar-refractivity contribution in [2.75, 3.05) is 0 Å². The van der Waals surface area contributed by atoms with Crippen molar-refractivity contribution in [3.63, 3.8) is 0 Å². The Morgan fingerprint density at radius 3 is 1.44 bits per heavy atom. The Kier molecular flexibility index (Phi) is 17.7. The zero-order chi connectivity index (χ0) is 88.3. The number of pyridine rings is 2. The monoisotopic (exact) mass is 1730 g/mol. The third kappa shape index (κ3) is 11.8. The third-order valence-electron chi connectivity index (χ3n) is 29.3. The fourth-order valence-electron chi connectivity index (χ4n) is 23.3. The summed E-state index contributed by atoms with van der Waals surface area (Å²) in [5.41, 5.74) is 34.0. The van der Waals surface area contributed by atoms with Gasteiger partial charge in [0.2, 0.25) is 23.5 Å². The van der Waals surface area contributed by atoms with Crippen LogP contribution in [0, 0.1) is 0 Å². The summed E-state index contributed by atoms with van der Waals surface area (Å²) in [6.45, 7) is 23.9. The Hall–Kier alpha value is -14.3. The van der Waals surface area contributed by atoms with Gasteiger partial charge >= 0.3 is 0 Å². The van der Waals surface area contributed by atoms with Gasteiger partial charge < -0.3 is 41.7 Å². The summed E-state index contributed by atoms with van der Waals surface area (Å²) < 4.78 is 51.7. The number of hydrogen-bond acceptors (Lipinski definition) is 11. The lowest BCUT2D eigenvalue weighted by molar-refractivity contribution is 0.421. The summed E-state index contributed by atoms with van der Waals surface area (Å²) in [7, 11) is 0. The van der Waals surface area contributed by atoms with Crippen molar-refractivity contribution in [1.82, 2.24) is 28.2 Å². The van der Waals surface area contributed by atoms with Gasteiger partial charge in [-0.15, -0.1) is 22.7 Å². The third-order valence-corrected chi connectivity index (χ3v) is 31.4. The predicted octanol–water partition coefficient (Wildman–Crippen LogP) is 16.0. The summed E-state index contributed by atoms with van der Waals surface area (Å²) in [6, 6.07) is 94.5. The van der Waals surface area contributed by atoms with E-state index in [-0.39, 0.29) is 53.9 Å². The van der Waals surface area contributed by atoms with E-state index in [2.05, 4.69) is 393 Å². The lowest BCUT2D eigenvalue weighted by atomic mass is 9.31. The van der Waals surface area contributed by atoms with Crippen molar-refractivity contribution < 1.29 is 32.5 Å². The van der Waals surface area contributed by atoms with E-state index >= 15 is 0 Å². The molecule has 0 spiro atoms. The van der Waals surface area contributed by atoms with Crippen molar-refractivity contribution in [3.05, 3.63) is 401 Å². The molecule has 9 aromatic carbocycles. The minimum Gasteiger partial charge on any atom is -0.469 e. The van der Waals surface area contributed by atoms with Crippen LogP contribution in [0.2, 0.25) is 0 Å². The second-order valence-electron chi connectivity index (χ2n) is 38.3. The van der Waals surface area contributed by atoms with Gasteiger partial charge in [0.25, 0.3) is 33.6 Å². The fraction of sp³-hybridized carbons (Fsp3) is 0.135. The molecule has 10 aromatic heterocycles. The van der Waals surface area contributed by atoms with Crippen LogP contribution in [0.15, 0.2) is 354 Å². The highest BCUT2D eigenvalue weighted by Crippen LogP contribution is 2.48. The van der Waals surface area contributed by atoms with Gasteiger partial charge in [0.15, 0.2) is 11.5 Å². The van der Waals surface area contributed by atoms with Crippen LogP contribution < -0.4 is 106 Å². The van der Waals surface area contributed by atoms with Crippen LogP contribution in [0.5, 0.6) is 58.0 Å². The molecule has 0 amide bonds. The van der Waals surface area contributed by atoms with Gasteiger partial charge in [-0.05, 0) is 169 Å². The van der Waals surface area contributed by atoms with Crippen molar-refractivity contribution in [2.24, 2.45) is 0 Å². The lowest BCUT2D eigenvalue weighted by Crippen LogP contribution is -2.62. The van der Waals surface area contributed by atoms with Crippen LogP contribution in [0.3, 0.4) is 0 Å². The number of nitrogens with zero attached hydrogens (tertiary/aromatic N) is 6. The Labute approximate surface area is 771 Å². The van der Waals surface area contributed by atoms with Crippen molar-refractivity contribution in [1.29, 1.82) is 0 Å². The number of benzene rings is 9. The Morgan fingerprint density at radius 2 is 0.794 bits per heavy atom. The number of para-hydroxylation sites is 4. The summed E-state index contributed by atoms with van der Waals surface area (Å²) >= 11 is 3.57. The van der Waals surface area contributed by atoms with Crippen LogP contribution in [0.25, 0.3) is 22.7 Å². The van der Waals surface area contributed by atoms with E-state index in [4.69, 9.17) is 32.5 Å². The Balaban J connectivity index is 0.0000000895. The normalized spacial score (nSPS) is 15.6. The predicted molar refractivity (Wildman–Crippen MR) is 534 cm³/mol. The first-order valence-electron chi connectivity index (χ1n) is 45.1. The van der Waals surface area contributed by atoms with Crippen LogP contribution in [0.4, 0.5) is 0 Å². The molecule has 19 aromatic rings. The number of furan rings is 2. The van der Waals surface area contributed by atoms with Crippen molar-refractivity contribution >= 4 is 138 Å². The topological polar surface area (TPSA) is 118 Å². The zero-order valence-corrected chi connectivity index (χ0v) is 75.8. The SMILES string of the molecule is CC1(C)c2ccccc2B2c3cccnc3Oc3nccc1c32.CC1(C)c2ccccc2B2c3ccn(-c4ccccc4)c3Oc3c2c1cn3-c1ccccc1.CC1(C)c2ccccc2B2c3cn(-c4ccccc4)cc3Oc3cn(-c4ccccc4)c1c32.CC1(C)c2ccccc2B2c3cocc3Oc3coc1c32.CC1(C)c2ccccc2B2c3cscc3Oc3csc1c32. The molecule has 10 aliphatic rings. The van der Waals surface area contributed by atoms with Gasteiger partial charge in [-0.25, -0.2) is 9.97 Å². The van der Waals surface area contributed by atoms with E-state index in [0.717, 1.165) is 91.2 Å². The number of thiophene rings is 2. The molecule has 0 fully saturated rings. The van der Waals surface area contributed by atoms with E-state index in [1.165, 1.54) is 115 Å². The molecule has 20 heterocycles. The smallest absolute Gasteiger partial charge is 0.260 e. The Morgan fingerprint density at radius 1 is 0.282 bits per heavy atom. The molecule has 29 rings (SSSR count). The van der Waals surface area contributed by atoms with E-state index in [1.807, 2.05) is 35.7 Å². The van der Waals surface area contributed by atoms with Crippen molar-refractivity contribution in [3.8, 4) is 80.8 Å². The van der Waals surface area contributed by atoms with Crippen molar-refractivity contribution in [2.45, 2.75) is 96.3 Å². The Bertz CT molecular complexity index is 7660. The van der Waals surface area contributed by atoms with E-state index < -0.39 is 0 Å². The van der Waals surface area contributed by atoms with E-state index in [1.54, 1.807) is 36.3 Å². The molecule has 0 saturated heterocycles. The molecular weight excluding hydrogens is 1650 g/mol. The highest BCUT2D eigenvalue weighted by Gasteiger charge is 2.54. The molecule has 630 valence electrons. The zero-order valence-electron chi connectivity index (χ0n) is 74.2. The van der Waals surface area contributed by atoms with Gasteiger partial charge in [0.05, 0.1) is 18.7 Å². The number of hydrogen-bond donors (Lipinski definition) is 0. The number of rotatable bonds is 4. The largest absolute Gasteiger partial charge is 0.469 e. The molecule has 0 aliphatic carbocycles. The summed E-state index contributed by atoms with van der Waals surface area (Å²) in [5, 5.41) is 6.56. The first kappa shape index (κ1) is 78.9.